The van der Waals surface area contributed by atoms with Crippen LogP contribution in [0.3, 0.4) is 0 Å². The van der Waals surface area contributed by atoms with Gasteiger partial charge in [-0.3, -0.25) is 4.79 Å². The van der Waals surface area contributed by atoms with Gasteiger partial charge in [-0.2, -0.15) is 4.68 Å². The van der Waals surface area contributed by atoms with E-state index in [4.69, 9.17) is 11.6 Å². The Hall–Kier alpha value is -2.28. The van der Waals surface area contributed by atoms with Crippen molar-refractivity contribution >= 4 is 34.6 Å². The lowest BCUT2D eigenvalue weighted by Crippen LogP contribution is -2.42. The van der Waals surface area contributed by atoms with E-state index >= 15 is 0 Å². The second-order valence-corrected chi connectivity index (χ2v) is 7.70. The summed E-state index contributed by atoms with van der Waals surface area (Å²) >= 11 is 6.06. The van der Waals surface area contributed by atoms with Gasteiger partial charge >= 0.3 is 12.1 Å². The van der Waals surface area contributed by atoms with E-state index in [1.54, 1.807) is 4.90 Å². The topological polar surface area (TPSA) is 84.5 Å². The Labute approximate surface area is 175 Å². The molecule has 7 nitrogen and oxygen atoms in total. The first-order chi connectivity index (χ1) is 13.9. The molecular formula is C21H30ClN3O4. The van der Waals surface area contributed by atoms with Gasteiger partial charge in [0.15, 0.2) is 0 Å². The van der Waals surface area contributed by atoms with Crippen LogP contribution < -0.4 is 5.56 Å². The number of aromatic nitrogens is 2. The number of fused-ring (bicyclic) bond motifs is 1. The van der Waals surface area contributed by atoms with Crippen molar-refractivity contribution in [1.82, 2.24) is 14.3 Å². The standard InChI is InChI=1S/C21H30ClN3O4/c1-3-5-7-9-13-23(14-10-8-6-4-2)20(27)24-18-15-16(22)11-12-17(18)19(26)25(24)21(28)29/h11-12,15H,3-10,13-14H2,1-2H3,(H,28,29). The van der Waals surface area contributed by atoms with Crippen molar-refractivity contribution in [3.8, 4) is 0 Å². The smallest absolute Gasteiger partial charge is 0.434 e. The van der Waals surface area contributed by atoms with Crippen molar-refractivity contribution in [2.75, 3.05) is 13.1 Å². The van der Waals surface area contributed by atoms with Crippen molar-refractivity contribution in [1.29, 1.82) is 0 Å². The van der Waals surface area contributed by atoms with Crippen LogP contribution in [0.15, 0.2) is 23.0 Å². The van der Waals surface area contributed by atoms with Gasteiger partial charge in [0, 0.05) is 18.1 Å². The lowest BCUT2D eigenvalue weighted by molar-refractivity contribution is 0.174. The minimum Gasteiger partial charge on any atom is -0.463 e. The van der Waals surface area contributed by atoms with Gasteiger partial charge < -0.3 is 10.0 Å². The molecule has 1 aromatic carbocycles. The summed E-state index contributed by atoms with van der Waals surface area (Å²) in [5.41, 5.74) is -0.531. The molecule has 29 heavy (non-hydrogen) atoms. The van der Waals surface area contributed by atoms with Crippen molar-refractivity contribution in [2.24, 2.45) is 0 Å². The molecule has 0 bridgehead atoms. The van der Waals surface area contributed by atoms with Gasteiger partial charge in [-0.1, -0.05) is 64.0 Å². The first kappa shape index (κ1) is 23.0. The SMILES string of the molecule is CCCCCCN(CCCCCC)C(=O)n1c2cc(Cl)ccc2c(=O)n1C(=O)O. The third-order valence-electron chi connectivity index (χ3n) is 5.01. The van der Waals surface area contributed by atoms with Crippen LogP contribution in [0, 0.1) is 0 Å². The summed E-state index contributed by atoms with van der Waals surface area (Å²) in [4.78, 5) is 39.4. The van der Waals surface area contributed by atoms with Gasteiger partial charge in [0.2, 0.25) is 0 Å². The highest BCUT2D eigenvalue weighted by Gasteiger charge is 2.26. The molecule has 0 saturated carbocycles. The predicted molar refractivity (Wildman–Crippen MR) is 115 cm³/mol. The Morgan fingerprint density at radius 2 is 1.55 bits per heavy atom. The monoisotopic (exact) mass is 423 g/mol. The van der Waals surface area contributed by atoms with E-state index < -0.39 is 17.7 Å². The molecule has 1 aromatic heterocycles. The quantitative estimate of drug-likeness (QED) is 0.517. The van der Waals surface area contributed by atoms with Crippen LogP contribution >= 0.6 is 11.6 Å². The van der Waals surface area contributed by atoms with Gasteiger partial charge in [0.25, 0.3) is 5.56 Å². The van der Waals surface area contributed by atoms with E-state index in [0.29, 0.717) is 22.8 Å². The molecule has 2 rings (SSSR count). The van der Waals surface area contributed by atoms with Crippen LogP contribution in [0.5, 0.6) is 0 Å². The Kier molecular flexibility index (Phi) is 8.76. The molecule has 160 valence electrons. The number of nitrogens with zero attached hydrogens (tertiary/aromatic N) is 3. The summed E-state index contributed by atoms with van der Waals surface area (Å²) in [6.07, 6.45) is 6.52. The summed E-state index contributed by atoms with van der Waals surface area (Å²) in [5.74, 6) is 0. The first-order valence-corrected chi connectivity index (χ1v) is 10.8. The van der Waals surface area contributed by atoms with E-state index in [-0.39, 0.29) is 10.9 Å². The summed E-state index contributed by atoms with van der Waals surface area (Å²) in [7, 11) is 0. The molecule has 0 unspecified atom stereocenters. The lowest BCUT2D eigenvalue weighted by Gasteiger charge is -2.24. The highest BCUT2D eigenvalue weighted by atomic mass is 35.5. The number of carbonyl (C=O) groups excluding carboxylic acids is 1. The Balaban J connectivity index is 2.40. The molecule has 1 N–H and O–H groups in total. The molecule has 1 heterocycles. The zero-order chi connectivity index (χ0) is 21.4. The van der Waals surface area contributed by atoms with Gasteiger partial charge in [-0.15, -0.1) is 4.68 Å². The maximum absolute atomic E-state index is 13.4. The molecule has 0 fully saturated rings. The average Bonchev–Trinajstić information content (AvgIpc) is 2.98. The average molecular weight is 424 g/mol. The Bertz CT molecular complexity index is 891. The van der Waals surface area contributed by atoms with Crippen LogP contribution in [-0.4, -0.2) is 44.6 Å². The van der Waals surface area contributed by atoms with E-state index in [1.807, 2.05) is 0 Å². The summed E-state index contributed by atoms with van der Waals surface area (Å²) < 4.78 is 1.43. The molecule has 0 atom stereocenters. The third-order valence-corrected chi connectivity index (χ3v) is 5.24. The van der Waals surface area contributed by atoms with Crippen LogP contribution in [0.4, 0.5) is 9.59 Å². The largest absolute Gasteiger partial charge is 0.463 e. The van der Waals surface area contributed by atoms with Gasteiger partial charge in [0.05, 0.1) is 10.9 Å². The second kappa shape index (κ2) is 11.0. The number of carboxylic acid groups (broad SMARTS) is 1. The fourth-order valence-corrected chi connectivity index (χ4v) is 3.60. The molecule has 0 spiro atoms. The van der Waals surface area contributed by atoms with E-state index in [2.05, 4.69) is 13.8 Å². The third kappa shape index (κ3) is 5.63. The number of halogens is 1. The van der Waals surface area contributed by atoms with Crippen molar-refractivity contribution in [3.63, 3.8) is 0 Å². The number of carbonyl (C=O) groups is 2. The molecule has 0 saturated heterocycles. The van der Waals surface area contributed by atoms with Gasteiger partial charge in [0.1, 0.15) is 0 Å². The molecule has 8 heteroatoms. The highest BCUT2D eigenvalue weighted by molar-refractivity contribution is 6.31. The molecule has 0 aliphatic carbocycles. The van der Waals surface area contributed by atoms with Gasteiger partial charge in [-0.25, -0.2) is 9.59 Å². The maximum Gasteiger partial charge on any atom is 0.434 e. The van der Waals surface area contributed by atoms with Crippen LogP contribution in [-0.2, 0) is 0 Å². The van der Waals surface area contributed by atoms with Crippen LogP contribution in [0.1, 0.15) is 65.2 Å². The maximum atomic E-state index is 13.4. The van der Waals surface area contributed by atoms with Gasteiger partial charge in [-0.05, 0) is 31.0 Å². The predicted octanol–water partition coefficient (Wildman–Crippen LogP) is 5.41. The highest BCUT2D eigenvalue weighted by Crippen LogP contribution is 2.19. The number of benzene rings is 1. The molecule has 1 amide bonds. The minimum absolute atomic E-state index is 0.155. The molecular weight excluding hydrogens is 394 g/mol. The van der Waals surface area contributed by atoms with Crippen molar-refractivity contribution in [2.45, 2.75) is 65.2 Å². The number of amides is 1. The molecule has 0 aliphatic rings. The lowest BCUT2D eigenvalue weighted by atomic mass is 10.2. The summed E-state index contributed by atoms with van der Waals surface area (Å²) in [5, 5.41) is 10.1. The van der Waals surface area contributed by atoms with E-state index in [9.17, 15) is 19.5 Å². The van der Waals surface area contributed by atoms with Crippen LogP contribution in [0.2, 0.25) is 5.02 Å². The number of hydrogen-bond acceptors (Lipinski definition) is 3. The molecule has 2 aromatic rings. The number of unbranched alkanes of at least 4 members (excludes halogenated alkanes) is 6. The second-order valence-electron chi connectivity index (χ2n) is 7.26. The molecule has 0 radical (unpaired) electrons. The Morgan fingerprint density at radius 1 is 0.966 bits per heavy atom. The van der Waals surface area contributed by atoms with E-state index in [0.717, 1.165) is 56.0 Å². The number of rotatable bonds is 10. The van der Waals surface area contributed by atoms with Crippen molar-refractivity contribution in [3.05, 3.63) is 33.6 Å². The van der Waals surface area contributed by atoms with E-state index in [1.165, 1.54) is 18.2 Å². The summed E-state index contributed by atoms with van der Waals surface area (Å²) in [6, 6.07) is 3.92. The fraction of sp³-hybridized carbons (Fsp3) is 0.571. The van der Waals surface area contributed by atoms with Crippen LogP contribution in [0.25, 0.3) is 10.9 Å². The van der Waals surface area contributed by atoms with Crippen molar-refractivity contribution < 1.29 is 14.7 Å². The Morgan fingerprint density at radius 3 is 2.07 bits per heavy atom. The molecule has 0 aliphatic heterocycles. The normalized spacial score (nSPS) is 11.1. The number of hydrogen-bond donors (Lipinski definition) is 1. The first-order valence-electron chi connectivity index (χ1n) is 10.4. The fourth-order valence-electron chi connectivity index (χ4n) is 3.43. The summed E-state index contributed by atoms with van der Waals surface area (Å²) in [6.45, 7) is 5.29. The zero-order valence-electron chi connectivity index (χ0n) is 17.2. The minimum atomic E-state index is -1.49. The zero-order valence-corrected chi connectivity index (χ0v) is 18.0.